The third-order valence-electron chi connectivity index (χ3n) is 3.88. The van der Waals surface area contributed by atoms with Gasteiger partial charge in [-0.25, -0.2) is 9.18 Å². The molecule has 3 amide bonds. The van der Waals surface area contributed by atoms with Crippen LogP contribution in [0.3, 0.4) is 0 Å². The third kappa shape index (κ3) is 3.90. The number of hydrogen-bond acceptors (Lipinski definition) is 2. The Morgan fingerprint density at radius 3 is 2.42 bits per heavy atom. The predicted octanol–water partition coefficient (Wildman–Crippen LogP) is 3.27. The van der Waals surface area contributed by atoms with E-state index in [4.69, 9.17) is 0 Å². The van der Waals surface area contributed by atoms with Gasteiger partial charge in [0.1, 0.15) is 5.82 Å². The van der Waals surface area contributed by atoms with Gasteiger partial charge in [0.15, 0.2) is 0 Å². The Hall–Kier alpha value is -2.89. The molecule has 1 fully saturated rings. The Bertz CT molecular complexity index is 729. The van der Waals surface area contributed by atoms with Crippen LogP contribution in [0.5, 0.6) is 0 Å². The molecule has 24 heavy (non-hydrogen) atoms. The number of hydrogen-bond donors (Lipinski definition) is 2. The predicted molar refractivity (Wildman–Crippen MR) is 90.3 cm³/mol. The minimum absolute atomic E-state index is 0.152. The van der Waals surface area contributed by atoms with Crippen molar-refractivity contribution in [1.29, 1.82) is 0 Å². The van der Waals surface area contributed by atoms with Crippen LogP contribution in [0.1, 0.15) is 18.4 Å². The van der Waals surface area contributed by atoms with Crippen molar-refractivity contribution in [2.45, 2.75) is 19.4 Å². The second-order valence-electron chi connectivity index (χ2n) is 5.63. The molecule has 3 rings (SSSR count). The van der Waals surface area contributed by atoms with Gasteiger partial charge >= 0.3 is 6.03 Å². The number of carbonyl (C=O) groups excluding carboxylic acids is 2. The molecule has 2 aromatic rings. The first-order valence-corrected chi connectivity index (χ1v) is 7.81. The van der Waals surface area contributed by atoms with E-state index in [1.54, 1.807) is 4.90 Å². The first-order chi connectivity index (χ1) is 11.6. The Kier molecular flexibility index (Phi) is 4.74. The fourth-order valence-corrected chi connectivity index (χ4v) is 2.61. The fraction of sp³-hybridized carbons (Fsp3) is 0.222. The van der Waals surface area contributed by atoms with Gasteiger partial charge in [-0.05, 0) is 48.4 Å². The summed E-state index contributed by atoms with van der Waals surface area (Å²) in [6.45, 7) is 1.12. The Morgan fingerprint density at radius 1 is 1.08 bits per heavy atom. The summed E-state index contributed by atoms with van der Waals surface area (Å²) in [5, 5.41) is 5.37. The van der Waals surface area contributed by atoms with Gasteiger partial charge in [0.25, 0.3) is 0 Å². The number of anilines is 2. The summed E-state index contributed by atoms with van der Waals surface area (Å²) in [5.74, 6) is -0.197. The van der Waals surface area contributed by atoms with Crippen molar-refractivity contribution in [2.24, 2.45) is 0 Å². The number of amides is 3. The molecule has 0 atom stereocenters. The van der Waals surface area contributed by atoms with Gasteiger partial charge in [-0.2, -0.15) is 0 Å². The van der Waals surface area contributed by atoms with Crippen LogP contribution >= 0.6 is 0 Å². The summed E-state index contributed by atoms with van der Waals surface area (Å²) in [7, 11) is 0. The SMILES string of the molecule is O=C(NCc1ccc(N2CCCC2=O)cc1)Nc1ccc(F)cc1. The minimum atomic E-state index is -0.361. The molecule has 2 N–H and O–H groups in total. The van der Waals surface area contributed by atoms with Crippen LogP contribution in [-0.2, 0) is 11.3 Å². The molecule has 1 aliphatic heterocycles. The van der Waals surface area contributed by atoms with Crippen LogP contribution in [0.15, 0.2) is 48.5 Å². The van der Waals surface area contributed by atoms with Crippen molar-refractivity contribution in [1.82, 2.24) is 5.32 Å². The number of nitrogens with zero attached hydrogens (tertiary/aromatic N) is 1. The highest BCUT2D eigenvalue weighted by molar-refractivity contribution is 5.95. The Balaban J connectivity index is 1.51. The molecule has 0 aromatic heterocycles. The van der Waals surface area contributed by atoms with Crippen LogP contribution in [0, 0.1) is 5.82 Å². The summed E-state index contributed by atoms with van der Waals surface area (Å²) in [5.41, 5.74) is 2.34. The lowest BCUT2D eigenvalue weighted by Gasteiger charge is -2.16. The zero-order chi connectivity index (χ0) is 16.9. The smallest absolute Gasteiger partial charge is 0.319 e. The van der Waals surface area contributed by atoms with Gasteiger partial charge in [0, 0.05) is 30.9 Å². The molecular formula is C18H18FN3O2. The molecule has 0 radical (unpaired) electrons. The normalized spacial score (nSPS) is 13.9. The van der Waals surface area contributed by atoms with E-state index < -0.39 is 0 Å². The molecule has 124 valence electrons. The van der Waals surface area contributed by atoms with E-state index in [0.717, 1.165) is 24.2 Å². The largest absolute Gasteiger partial charge is 0.334 e. The molecule has 0 saturated carbocycles. The van der Waals surface area contributed by atoms with Crippen LogP contribution in [0.4, 0.5) is 20.6 Å². The van der Waals surface area contributed by atoms with E-state index in [2.05, 4.69) is 10.6 Å². The number of nitrogens with one attached hydrogen (secondary N) is 2. The zero-order valence-corrected chi connectivity index (χ0v) is 13.1. The average Bonchev–Trinajstić information content (AvgIpc) is 3.02. The maximum absolute atomic E-state index is 12.8. The molecule has 6 heteroatoms. The van der Waals surface area contributed by atoms with Crippen molar-refractivity contribution in [2.75, 3.05) is 16.8 Å². The van der Waals surface area contributed by atoms with Crippen LogP contribution in [0.2, 0.25) is 0 Å². The third-order valence-corrected chi connectivity index (χ3v) is 3.88. The van der Waals surface area contributed by atoms with E-state index >= 15 is 0 Å². The quantitative estimate of drug-likeness (QED) is 0.905. The van der Waals surface area contributed by atoms with Crippen LogP contribution in [-0.4, -0.2) is 18.5 Å². The summed E-state index contributed by atoms with van der Waals surface area (Å²) < 4.78 is 12.8. The molecule has 5 nitrogen and oxygen atoms in total. The average molecular weight is 327 g/mol. The highest BCUT2D eigenvalue weighted by Crippen LogP contribution is 2.21. The number of rotatable bonds is 4. The van der Waals surface area contributed by atoms with E-state index in [9.17, 15) is 14.0 Å². The second kappa shape index (κ2) is 7.12. The van der Waals surface area contributed by atoms with E-state index in [-0.39, 0.29) is 17.8 Å². The van der Waals surface area contributed by atoms with Gasteiger partial charge in [-0.1, -0.05) is 12.1 Å². The molecule has 0 aliphatic carbocycles. The standard InChI is InChI=1S/C18H18FN3O2/c19-14-5-7-15(8-6-14)21-18(24)20-12-13-3-9-16(10-4-13)22-11-1-2-17(22)23/h3-10H,1-2,11-12H2,(H2,20,21,24). The van der Waals surface area contributed by atoms with Gasteiger partial charge < -0.3 is 15.5 Å². The molecule has 1 saturated heterocycles. The van der Waals surface area contributed by atoms with Gasteiger partial charge in [-0.15, -0.1) is 0 Å². The molecule has 2 aromatic carbocycles. The van der Waals surface area contributed by atoms with E-state index in [0.29, 0.717) is 18.7 Å². The maximum Gasteiger partial charge on any atom is 0.319 e. The summed E-state index contributed by atoms with van der Waals surface area (Å²) in [6.07, 6.45) is 1.50. The van der Waals surface area contributed by atoms with Crippen molar-refractivity contribution in [3.05, 3.63) is 59.9 Å². The topological polar surface area (TPSA) is 61.4 Å². The van der Waals surface area contributed by atoms with Gasteiger partial charge in [-0.3, -0.25) is 4.79 Å². The minimum Gasteiger partial charge on any atom is -0.334 e. The molecule has 0 unspecified atom stereocenters. The zero-order valence-electron chi connectivity index (χ0n) is 13.1. The summed E-state index contributed by atoms with van der Waals surface area (Å²) in [6, 6.07) is 12.8. The van der Waals surface area contributed by atoms with E-state index in [1.165, 1.54) is 24.3 Å². The molecule has 0 bridgehead atoms. The highest BCUT2D eigenvalue weighted by Gasteiger charge is 2.21. The van der Waals surface area contributed by atoms with Crippen molar-refractivity contribution in [3.8, 4) is 0 Å². The van der Waals surface area contributed by atoms with Crippen LogP contribution in [0.25, 0.3) is 0 Å². The van der Waals surface area contributed by atoms with Crippen molar-refractivity contribution < 1.29 is 14.0 Å². The van der Waals surface area contributed by atoms with Crippen LogP contribution < -0.4 is 15.5 Å². The van der Waals surface area contributed by atoms with E-state index in [1.807, 2.05) is 24.3 Å². The fourth-order valence-electron chi connectivity index (χ4n) is 2.61. The number of urea groups is 1. The van der Waals surface area contributed by atoms with Crippen molar-refractivity contribution in [3.63, 3.8) is 0 Å². The molecular weight excluding hydrogens is 309 g/mol. The summed E-state index contributed by atoms with van der Waals surface area (Å²) in [4.78, 5) is 25.3. The monoisotopic (exact) mass is 327 g/mol. The molecule has 1 aliphatic rings. The molecule has 1 heterocycles. The highest BCUT2D eigenvalue weighted by atomic mass is 19.1. The van der Waals surface area contributed by atoms with Crippen molar-refractivity contribution >= 4 is 23.3 Å². The Morgan fingerprint density at radius 2 is 1.79 bits per heavy atom. The number of carbonyl (C=O) groups is 2. The molecule has 0 spiro atoms. The lowest BCUT2D eigenvalue weighted by atomic mass is 10.2. The first-order valence-electron chi connectivity index (χ1n) is 7.81. The number of halogens is 1. The number of benzene rings is 2. The maximum atomic E-state index is 12.8. The second-order valence-corrected chi connectivity index (χ2v) is 5.63. The van der Waals surface area contributed by atoms with Gasteiger partial charge in [0.05, 0.1) is 0 Å². The lowest BCUT2D eigenvalue weighted by Crippen LogP contribution is -2.28. The summed E-state index contributed by atoms with van der Waals surface area (Å²) >= 11 is 0. The van der Waals surface area contributed by atoms with Gasteiger partial charge in [0.2, 0.25) is 5.91 Å². The Labute approximate surface area is 139 Å². The first kappa shape index (κ1) is 16.0. The lowest BCUT2D eigenvalue weighted by molar-refractivity contribution is -0.117.